The Bertz CT molecular complexity index is 540. The van der Waals surface area contributed by atoms with Crippen LogP contribution >= 0.6 is 0 Å². The number of carbonyl (C=O) groups excluding carboxylic acids is 1. The Hall–Kier alpha value is -2.36. The van der Waals surface area contributed by atoms with Crippen LogP contribution in [0.3, 0.4) is 0 Å². The van der Waals surface area contributed by atoms with E-state index < -0.39 is 12.2 Å². The molecule has 3 nitrogen and oxygen atoms in total. The predicted molar refractivity (Wildman–Crippen MR) is 70.2 cm³/mol. The Balaban J connectivity index is 2.34. The molecule has 1 atom stereocenters. The number of alkyl carbamates (subject to hydrolysis) is 1. The smallest absolute Gasteiger partial charge is 0.407 e. The van der Waals surface area contributed by atoms with E-state index >= 15 is 0 Å². The molecule has 0 spiro atoms. The van der Waals surface area contributed by atoms with Gasteiger partial charge in [-0.15, -0.1) is 0 Å². The Morgan fingerprint density at radius 2 is 1.63 bits per heavy atom. The van der Waals surface area contributed by atoms with Crippen molar-refractivity contribution in [3.8, 4) is 0 Å². The molecule has 4 heteroatoms. The molecule has 2 aromatic carbocycles. The van der Waals surface area contributed by atoms with E-state index in [2.05, 4.69) is 5.32 Å². The number of carbonyl (C=O) groups is 1. The van der Waals surface area contributed by atoms with E-state index in [1.807, 2.05) is 30.3 Å². The molecule has 1 N–H and O–H groups in total. The quantitative estimate of drug-likeness (QED) is 0.918. The van der Waals surface area contributed by atoms with Gasteiger partial charge in [-0.1, -0.05) is 42.5 Å². The highest BCUT2D eigenvalue weighted by molar-refractivity contribution is 5.67. The van der Waals surface area contributed by atoms with Crippen LogP contribution < -0.4 is 5.32 Å². The van der Waals surface area contributed by atoms with Crippen LogP contribution in [0.4, 0.5) is 9.18 Å². The second kappa shape index (κ2) is 6.00. The van der Waals surface area contributed by atoms with Crippen LogP contribution in [0.1, 0.15) is 17.2 Å². The van der Waals surface area contributed by atoms with Crippen LogP contribution in [0.2, 0.25) is 0 Å². The van der Waals surface area contributed by atoms with Gasteiger partial charge in [0.05, 0.1) is 0 Å². The van der Waals surface area contributed by atoms with Crippen LogP contribution in [-0.4, -0.2) is 13.1 Å². The van der Waals surface area contributed by atoms with Crippen molar-refractivity contribution in [3.05, 3.63) is 71.5 Å². The molecule has 98 valence electrons. The fourth-order valence-corrected chi connectivity index (χ4v) is 1.76. The normalized spacial score (nSPS) is 11.7. The summed E-state index contributed by atoms with van der Waals surface area (Å²) >= 11 is 0. The highest BCUT2D eigenvalue weighted by Gasteiger charge is 2.18. The van der Waals surface area contributed by atoms with Gasteiger partial charge >= 0.3 is 6.09 Å². The number of halogens is 1. The van der Waals surface area contributed by atoms with Crippen molar-refractivity contribution >= 4 is 6.09 Å². The number of amides is 1. The molecule has 0 aliphatic rings. The van der Waals surface area contributed by atoms with Crippen molar-refractivity contribution in [2.75, 3.05) is 7.05 Å². The third-order valence-electron chi connectivity index (χ3n) is 2.70. The highest BCUT2D eigenvalue weighted by atomic mass is 19.1. The van der Waals surface area contributed by atoms with Crippen molar-refractivity contribution in [2.45, 2.75) is 6.10 Å². The number of hydrogen-bond donors (Lipinski definition) is 1. The van der Waals surface area contributed by atoms with E-state index in [0.29, 0.717) is 0 Å². The maximum absolute atomic E-state index is 13.0. The van der Waals surface area contributed by atoms with Crippen LogP contribution in [0, 0.1) is 5.82 Å². The molecule has 0 heterocycles. The van der Waals surface area contributed by atoms with Crippen LogP contribution in [0.15, 0.2) is 54.6 Å². The minimum Gasteiger partial charge on any atom is -0.436 e. The molecule has 0 aliphatic carbocycles. The van der Waals surface area contributed by atoms with Gasteiger partial charge in [-0.2, -0.15) is 0 Å². The molecule has 19 heavy (non-hydrogen) atoms. The first kappa shape index (κ1) is 13.1. The van der Waals surface area contributed by atoms with Gasteiger partial charge in [0.1, 0.15) is 5.82 Å². The van der Waals surface area contributed by atoms with E-state index in [-0.39, 0.29) is 5.82 Å². The lowest BCUT2D eigenvalue weighted by Gasteiger charge is -2.18. The van der Waals surface area contributed by atoms with Crippen molar-refractivity contribution in [1.29, 1.82) is 0 Å². The Kier molecular flexibility index (Phi) is 4.13. The summed E-state index contributed by atoms with van der Waals surface area (Å²) in [5.41, 5.74) is 1.55. The summed E-state index contributed by atoms with van der Waals surface area (Å²) < 4.78 is 18.3. The van der Waals surface area contributed by atoms with Gasteiger partial charge in [0, 0.05) is 7.05 Å². The Labute approximate surface area is 111 Å². The molecule has 0 bridgehead atoms. The van der Waals surface area contributed by atoms with Crippen LogP contribution in [0.5, 0.6) is 0 Å². The fraction of sp³-hybridized carbons (Fsp3) is 0.133. The lowest BCUT2D eigenvalue weighted by atomic mass is 10.0. The summed E-state index contributed by atoms with van der Waals surface area (Å²) in [6.07, 6.45) is -1.08. The number of benzene rings is 2. The third-order valence-corrected chi connectivity index (χ3v) is 2.70. The molecular formula is C15H14FNO2. The van der Waals surface area contributed by atoms with Crippen molar-refractivity contribution in [2.24, 2.45) is 0 Å². The molecule has 1 amide bonds. The average molecular weight is 259 g/mol. The first-order chi connectivity index (χ1) is 9.20. The van der Waals surface area contributed by atoms with Gasteiger partial charge < -0.3 is 10.1 Å². The molecule has 0 aromatic heterocycles. The van der Waals surface area contributed by atoms with Gasteiger partial charge in [-0.25, -0.2) is 9.18 Å². The SMILES string of the molecule is CNC(=O)OC(c1ccccc1)c1ccc(F)cc1. The largest absolute Gasteiger partial charge is 0.436 e. The lowest BCUT2D eigenvalue weighted by Crippen LogP contribution is -2.22. The molecule has 2 rings (SSSR count). The molecular weight excluding hydrogens is 245 g/mol. The van der Waals surface area contributed by atoms with E-state index in [1.54, 1.807) is 12.1 Å². The summed E-state index contributed by atoms with van der Waals surface area (Å²) in [6, 6.07) is 15.2. The molecule has 0 saturated heterocycles. The molecule has 0 fully saturated rings. The van der Waals surface area contributed by atoms with Crippen molar-refractivity contribution in [1.82, 2.24) is 5.32 Å². The number of ether oxygens (including phenoxy) is 1. The van der Waals surface area contributed by atoms with Crippen molar-refractivity contribution in [3.63, 3.8) is 0 Å². The molecule has 0 radical (unpaired) electrons. The maximum atomic E-state index is 13.0. The van der Waals surface area contributed by atoms with Crippen LogP contribution in [-0.2, 0) is 4.74 Å². The summed E-state index contributed by atoms with van der Waals surface area (Å²) in [5.74, 6) is -0.324. The minimum absolute atomic E-state index is 0.324. The minimum atomic E-state index is -0.554. The zero-order chi connectivity index (χ0) is 13.7. The fourth-order valence-electron chi connectivity index (χ4n) is 1.76. The first-order valence-electron chi connectivity index (χ1n) is 5.89. The topological polar surface area (TPSA) is 38.3 Å². The molecule has 0 saturated carbocycles. The Morgan fingerprint density at radius 1 is 1.05 bits per heavy atom. The monoisotopic (exact) mass is 259 g/mol. The Morgan fingerprint density at radius 3 is 2.21 bits per heavy atom. The maximum Gasteiger partial charge on any atom is 0.407 e. The van der Waals surface area contributed by atoms with E-state index in [4.69, 9.17) is 4.74 Å². The van der Waals surface area contributed by atoms with Crippen molar-refractivity contribution < 1.29 is 13.9 Å². The summed E-state index contributed by atoms with van der Waals surface area (Å²) in [7, 11) is 1.50. The summed E-state index contributed by atoms with van der Waals surface area (Å²) in [6.45, 7) is 0. The van der Waals surface area contributed by atoms with Gasteiger partial charge in [-0.3, -0.25) is 0 Å². The number of hydrogen-bond acceptors (Lipinski definition) is 2. The molecule has 2 aromatic rings. The number of rotatable bonds is 3. The first-order valence-corrected chi connectivity index (χ1v) is 5.89. The molecule has 1 unspecified atom stereocenters. The highest BCUT2D eigenvalue weighted by Crippen LogP contribution is 2.26. The van der Waals surface area contributed by atoms with Gasteiger partial charge in [0.2, 0.25) is 0 Å². The predicted octanol–water partition coefficient (Wildman–Crippen LogP) is 3.27. The standard InChI is InChI=1S/C15H14FNO2/c1-17-15(18)19-14(11-5-3-2-4-6-11)12-7-9-13(16)10-8-12/h2-10,14H,1H3,(H,17,18). The average Bonchev–Trinajstić information content (AvgIpc) is 2.46. The van der Waals surface area contributed by atoms with Gasteiger partial charge in [-0.05, 0) is 23.3 Å². The van der Waals surface area contributed by atoms with E-state index in [9.17, 15) is 9.18 Å². The molecule has 0 aliphatic heterocycles. The number of nitrogens with one attached hydrogen (secondary N) is 1. The second-order valence-electron chi connectivity index (χ2n) is 4.00. The third kappa shape index (κ3) is 3.31. The zero-order valence-corrected chi connectivity index (χ0v) is 10.5. The van der Waals surface area contributed by atoms with Crippen LogP contribution in [0.25, 0.3) is 0 Å². The van der Waals surface area contributed by atoms with Gasteiger partial charge in [0.25, 0.3) is 0 Å². The second-order valence-corrected chi connectivity index (χ2v) is 4.00. The van der Waals surface area contributed by atoms with E-state index in [1.165, 1.54) is 19.2 Å². The zero-order valence-electron chi connectivity index (χ0n) is 10.5. The summed E-state index contributed by atoms with van der Waals surface area (Å²) in [4.78, 5) is 11.4. The lowest BCUT2D eigenvalue weighted by molar-refractivity contribution is 0.118. The van der Waals surface area contributed by atoms with E-state index in [0.717, 1.165) is 11.1 Å². The summed E-state index contributed by atoms with van der Waals surface area (Å²) in [5, 5.41) is 2.41. The van der Waals surface area contributed by atoms with Gasteiger partial charge in [0.15, 0.2) is 6.10 Å².